The van der Waals surface area contributed by atoms with Crippen molar-refractivity contribution in [2.24, 2.45) is 11.7 Å². The number of hydrogen-bond donors (Lipinski definition) is 2. The number of carbonyl (C=O) groups is 1. The zero-order valence-electron chi connectivity index (χ0n) is 12.9. The van der Waals surface area contributed by atoms with Crippen LogP contribution in [0.3, 0.4) is 0 Å². The molecule has 1 atom stereocenters. The van der Waals surface area contributed by atoms with Gasteiger partial charge in [0, 0.05) is 6.54 Å². The lowest BCUT2D eigenvalue weighted by Crippen LogP contribution is -2.38. The van der Waals surface area contributed by atoms with Gasteiger partial charge >= 0.3 is 0 Å². The van der Waals surface area contributed by atoms with Crippen molar-refractivity contribution in [1.29, 1.82) is 0 Å². The first kappa shape index (κ1) is 16.5. The number of hydrogen-bond acceptors (Lipinski definition) is 3. The molecule has 0 bridgehead atoms. The Morgan fingerprint density at radius 2 is 2.05 bits per heavy atom. The summed E-state index contributed by atoms with van der Waals surface area (Å²) in [6.07, 6.45) is 0.241. The van der Waals surface area contributed by atoms with Crippen LogP contribution in [0.5, 0.6) is 5.75 Å². The molecule has 4 nitrogen and oxygen atoms in total. The van der Waals surface area contributed by atoms with Crippen LogP contribution in [0.4, 0.5) is 0 Å². The summed E-state index contributed by atoms with van der Waals surface area (Å²) in [6.45, 7) is 9.14. The molecule has 1 aromatic rings. The van der Waals surface area contributed by atoms with E-state index in [1.807, 2.05) is 19.1 Å². The highest BCUT2D eigenvalue weighted by Crippen LogP contribution is 2.21. The van der Waals surface area contributed by atoms with E-state index in [0.29, 0.717) is 19.0 Å². The minimum Gasteiger partial charge on any atom is -0.481 e. The quantitative estimate of drug-likeness (QED) is 0.802. The van der Waals surface area contributed by atoms with Crippen LogP contribution < -0.4 is 15.8 Å². The van der Waals surface area contributed by atoms with Gasteiger partial charge in [-0.15, -0.1) is 0 Å². The van der Waals surface area contributed by atoms with E-state index in [1.54, 1.807) is 6.92 Å². The normalized spacial score (nSPS) is 12.3. The lowest BCUT2D eigenvalue weighted by Gasteiger charge is -2.18. The molecule has 0 aliphatic rings. The maximum Gasteiger partial charge on any atom is 0.260 e. The number of rotatable bonds is 7. The fourth-order valence-electron chi connectivity index (χ4n) is 1.87. The zero-order valence-corrected chi connectivity index (χ0v) is 12.9. The summed E-state index contributed by atoms with van der Waals surface area (Å²) in [7, 11) is 0. The lowest BCUT2D eigenvalue weighted by molar-refractivity contribution is -0.127. The molecule has 0 fully saturated rings. The van der Waals surface area contributed by atoms with Gasteiger partial charge in [-0.25, -0.2) is 0 Å². The van der Waals surface area contributed by atoms with Crippen molar-refractivity contribution in [2.45, 2.75) is 40.2 Å². The topological polar surface area (TPSA) is 64.3 Å². The first-order valence-corrected chi connectivity index (χ1v) is 7.18. The van der Waals surface area contributed by atoms with Gasteiger partial charge in [-0.05, 0) is 44.4 Å². The first-order valence-electron chi connectivity index (χ1n) is 7.18. The van der Waals surface area contributed by atoms with E-state index in [1.165, 1.54) is 0 Å². The summed E-state index contributed by atoms with van der Waals surface area (Å²) in [5, 5.41) is 2.88. The molecule has 0 saturated carbocycles. The van der Waals surface area contributed by atoms with Crippen molar-refractivity contribution in [3.63, 3.8) is 0 Å². The summed E-state index contributed by atoms with van der Waals surface area (Å²) in [5.41, 5.74) is 7.83. The molecule has 0 radical (unpaired) electrons. The average Bonchev–Trinajstić information content (AvgIpc) is 2.39. The van der Waals surface area contributed by atoms with Crippen LogP contribution in [-0.2, 0) is 11.2 Å². The Morgan fingerprint density at radius 3 is 2.65 bits per heavy atom. The molecular weight excluding hydrogens is 252 g/mol. The van der Waals surface area contributed by atoms with Gasteiger partial charge in [0.05, 0.1) is 0 Å². The molecule has 1 unspecified atom stereocenters. The van der Waals surface area contributed by atoms with Crippen LogP contribution in [0.25, 0.3) is 0 Å². The standard InChI is InChI=1S/C16H26N2O2/c1-11(2)10-18-16(19)13(4)20-15-6-5-12(3)9-14(15)7-8-17/h5-6,9,11,13H,7-8,10,17H2,1-4H3,(H,18,19). The highest BCUT2D eigenvalue weighted by Gasteiger charge is 2.16. The molecule has 1 rings (SSSR count). The minimum atomic E-state index is -0.506. The molecule has 0 aromatic heterocycles. The number of nitrogens with one attached hydrogen (secondary N) is 1. The van der Waals surface area contributed by atoms with Gasteiger partial charge in [0.2, 0.25) is 0 Å². The molecule has 0 spiro atoms. The molecule has 1 aromatic carbocycles. The predicted molar refractivity (Wildman–Crippen MR) is 81.9 cm³/mol. The highest BCUT2D eigenvalue weighted by molar-refractivity contribution is 5.80. The molecule has 112 valence electrons. The van der Waals surface area contributed by atoms with E-state index < -0.39 is 6.10 Å². The third-order valence-corrected chi connectivity index (χ3v) is 2.99. The fourth-order valence-corrected chi connectivity index (χ4v) is 1.87. The Kier molecular flexibility index (Phi) is 6.52. The van der Waals surface area contributed by atoms with Crippen molar-refractivity contribution in [3.05, 3.63) is 29.3 Å². The largest absolute Gasteiger partial charge is 0.481 e. The number of carbonyl (C=O) groups excluding carboxylic acids is 1. The van der Waals surface area contributed by atoms with Crippen LogP contribution >= 0.6 is 0 Å². The highest BCUT2D eigenvalue weighted by atomic mass is 16.5. The van der Waals surface area contributed by atoms with Gasteiger partial charge < -0.3 is 15.8 Å². The summed E-state index contributed by atoms with van der Waals surface area (Å²) in [5.74, 6) is 1.09. The number of amides is 1. The number of nitrogens with two attached hydrogens (primary N) is 1. The number of benzene rings is 1. The van der Waals surface area contributed by atoms with Crippen LogP contribution in [-0.4, -0.2) is 25.1 Å². The van der Waals surface area contributed by atoms with Crippen molar-refractivity contribution < 1.29 is 9.53 Å². The fraction of sp³-hybridized carbons (Fsp3) is 0.562. The molecule has 0 aliphatic heterocycles. The van der Waals surface area contributed by atoms with E-state index in [0.717, 1.165) is 23.3 Å². The van der Waals surface area contributed by atoms with Gasteiger partial charge in [-0.3, -0.25) is 4.79 Å². The summed E-state index contributed by atoms with van der Waals surface area (Å²) >= 11 is 0. The van der Waals surface area contributed by atoms with E-state index in [-0.39, 0.29) is 5.91 Å². The Morgan fingerprint density at radius 1 is 1.35 bits per heavy atom. The number of aryl methyl sites for hydroxylation is 1. The minimum absolute atomic E-state index is 0.0852. The molecule has 0 heterocycles. The lowest BCUT2D eigenvalue weighted by atomic mass is 10.1. The molecule has 1 amide bonds. The van der Waals surface area contributed by atoms with Gasteiger partial charge in [0.1, 0.15) is 5.75 Å². The third-order valence-electron chi connectivity index (χ3n) is 2.99. The third kappa shape index (κ3) is 5.21. The smallest absolute Gasteiger partial charge is 0.260 e. The molecule has 3 N–H and O–H groups in total. The number of ether oxygens (including phenoxy) is 1. The van der Waals surface area contributed by atoms with Gasteiger partial charge in [-0.2, -0.15) is 0 Å². The first-order chi connectivity index (χ1) is 9.43. The maximum atomic E-state index is 11.9. The van der Waals surface area contributed by atoms with E-state index >= 15 is 0 Å². The van der Waals surface area contributed by atoms with Crippen LogP contribution in [0, 0.1) is 12.8 Å². The molecule has 0 saturated heterocycles. The Bertz CT molecular complexity index is 444. The Labute approximate surface area is 121 Å². The molecule has 20 heavy (non-hydrogen) atoms. The van der Waals surface area contributed by atoms with Crippen molar-refractivity contribution in [1.82, 2.24) is 5.32 Å². The van der Waals surface area contributed by atoms with Crippen LogP contribution in [0.15, 0.2) is 18.2 Å². The van der Waals surface area contributed by atoms with Crippen molar-refractivity contribution >= 4 is 5.91 Å². The van der Waals surface area contributed by atoms with Gasteiger partial charge in [0.25, 0.3) is 5.91 Å². The molecule has 0 aliphatic carbocycles. The zero-order chi connectivity index (χ0) is 15.1. The Balaban J connectivity index is 2.69. The van der Waals surface area contributed by atoms with Gasteiger partial charge in [-0.1, -0.05) is 31.5 Å². The average molecular weight is 278 g/mol. The van der Waals surface area contributed by atoms with Crippen molar-refractivity contribution in [3.8, 4) is 5.75 Å². The van der Waals surface area contributed by atoms with E-state index in [2.05, 4.69) is 25.2 Å². The van der Waals surface area contributed by atoms with Crippen molar-refractivity contribution in [2.75, 3.05) is 13.1 Å². The molecular formula is C16H26N2O2. The maximum absolute atomic E-state index is 11.9. The second-order valence-corrected chi connectivity index (χ2v) is 5.55. The van der Waals surface area contributed by atoms with Gasteiger partial charge in [0.15, 0.2) is 6.10 Å². The van der Waals surface area contributed by atoms with Crippen LogP contribution in [0.1, 0.15) is 31.9 Å². The predicted octanol–water partition coefficient (Wildman–Crippen LogP) is 2.04. The summed E-state index contributed by atoms with van der Waals surface area (Å²) in [6, 6.07) is 5.95. The van der Waals surface area contributed by atoms with E-state index in [9.17, 15) is 4.79 Å². The van der Waals surface area contributed by atoms with Crippen LogP contribution in [0.2, 0.25) is 0 Å². The summed E-state index contributed by atoms with van der Waals surface area (Å²) < 4.78 is 5.78. The second kappa shape index (κ2) is 7.90. The second-order valence-electron chi connectivity index (χ2n) is 5.55. The Hall–Kier alpha value is -1.55. The molecule has 4 heteroatoms. The SMILES string of the molecule is Cc1ccc(OC(C)C(=O)NCC(C)C)c(CCN)c1. The summed E-state index contributed by atoms with van der Waals surface area (Å²) in [4.78, 5) is 11.9. The monoisotopic (exact) mass is 278 g/mol. The van der Waals surface area contributed by atoms with E-state index in [4.69, 9.17) is 10.5 Å².